The number of aliphatic hydroxyl groups excluding tert-OH is 1. The number of alkyl halides is 3. The predicted octanol–water partition coefficient (Wildman–Crippen LogP) is 4.26. The summed E-state index contributed by atoms with van der Waals surface area (Å²) < 4.78 is 92.5. The summed E-state index contributed by atoms with van der Waals surface area (Å²) in [7, 11) is 0. The van der Waals surface area contributed by atoms with Gasteiger partial charge in [-0.3, -0.25) is 9.20 Å². The van der Waals surface area contributed by atoms with Gasteiger partial charge in [0.15, 0.2) is 6.10 Å². The van der Waals surface area contributed by atoms with Crippen LogP contribution in [0.4, 0.5) is 33.5 Å². The summed E-state index contributed by atoms with van der Waals surface area (Å²) in [4.78, 5) is 19.6. The van der Waals surface area contributed by atoms with E-state index in [1.165, 1.54) is 12.1 Å². The molecule has 34 heavy (non-hydrogen) atoms. The molecule has 4 rings (SSSR count). The Kier molecular flexibility index (Phi) is 4.78. The van der Waals surface area contributed by atoms with Crippen molar-refractivity contribution in [3.8, 4) is 11.3 Å². The first-order valence-electron chi connectivity index (χ1n) is 11.0. The Morgan fingerprint density at radius 2 is 2.00 bits per heavy atom. The number of nitrogens with one attached hydrogen (secondary N) is 1. The van der Waals surface area contributed by atoms with Gasteiger partial charge in [0.2, 0.25) is 0 Å². The Labute approximate surface area is 192 Å². The van der Waals surface area contributed by atoms with Gasteiger partial charge >= 0.3 is 6.18 Å². The van der Waals surface area contributed by atoms with Crippen LogP contribution in [-0.4, -0.2) is 25.4 Å². The van der Waals surface area contributed by atoms with Crippen molar-refractivity contribution in [2.75, 3.05) is 11.1 Å². The van der Waals surface area contributed by atoms with Crippen molar-refractivity contribution in [2.24, 2.45) is 0 Å². The number of aryl methyl sites for hydroxylation is 1. The first kappa shape index (κ1) is 19.4. The smallest absolute Gasteiger partial charge is 0.382 e. The minimum absolute atomic E-state index is 0.0558. The molecule has 0 aliphatic rings. The number of aliphatic hydroxyl groups is 1. The zero-order valence-corrected chi connectivity index (χ0v) is 16.9. The molecule has 0 aliphatic carbocycles. The molecule has 0 spiro atoms. The molecule has 0 radical (unpaired) electrons. The molecule has 0 aliphatic heterocycles. The number of imidazole rings is 1. The molecule has 2 aromatic carbocycles. The second-order valence-electron chi connectivity index (χ2n) is 7.14. The summed E-state index contributed by atoms with van der Waals surface area (Å²) in [6, 6.07) is 7.59. The molecule has 4 N–H and O–H groups in total. The molecule has 2 aromatic heterocycles. The monoisotopic (exact) mass is 480 g/mol. The number of amides is 1. The lowest BCUT2D eigenvalue weighted by molar-refractivity contribution is -0.142. The molecule has 1 amide bonds. The van der Waals surface area contributed by atoms with Crippen LogP contribution >= 0.6 is 0 Å². The number of rotatable bonds is 4. The Hall–Kier alpha value is -4.06. The molecule has 4 aromatic rings. The number of anilines is 2. The highest BCUT2D eigenvalue weighted by Crippen LogP contribution is 2.36. The number of carbonyl (C=O) groups excluding carboxylic acids is 1. The third-order valence-corrected chi connectivity index (χ3v) is 4.88. The van der Waals surface area contributed by atoms with Crippen LogP contribution in [0.3, 0.4) is 0 Å². The van der Waals surface area contributed by atoms with E-state index in [0.717, 1.165) is 30.3 Å². The number of aromatic nitrogens is 3. The average Bonchev–Trinajstić information content (AvgIpc) is 3.19. The van der Waals surface area contributed by atoms with Crippen molar-refractivity contribution in [3.63, 3.8) is 0 Å². The van der Waals surface area contributed by atoms with Crippen LogP contribution in [0.5, 0.6) is 0 Å². The molecule has 7 nitrogen and oxygen atoms in total. The molecular formula is C22H16F5N5O2. The molecule has 0 fully saturated rings. The van der Waals surface area contributed by atoms with E-state index in [4.69, 9.17) is 9.85 Å². The second-order valence-corrected chi connectivity index (χ2v) is 7.14. The third kappa shape index (κ3) is 4.15. The fourth-order valence-electron chi connectivity index (χ4n) is 3.35. The van der Waals surface area contributed by atoms with E-state index in [-0.39, 0.29) is 15.7 Å². The lowest BCUT2D eigenvalue weighted by atomic mass is 10.1. The van der Waals surface area contributed by atoms with Gasteiger partial charge in [0, 0.05) is 15.4 Å². The van der Waals surface area contributed by atoms with E-state index in [2.05, 4.69) is 15.3 Å². The maximum Gasteiger partial charge on any atom is 0.433 e. The molecule has 1 atom stereocenters. The molecule has 0 saturated carbocycles. The van der Waals surface area contributed by atoms with Gasteiger partial charge < -0.3 is 16.2 Å². The van der Waals surface area contributed by atoms with Gasteiger partial charge in [0.25, 0.3) is 5.91 Å². The minimum atomic E-state index is -5.04. The Bertz CT molecular complexity index is 1520. The minimum Gasteiger partial charge on any atom is -0.382 e. The molecule has 12 heteroatoms. The Morgan fingerprint density at radius 1 is 1.24 bits per heavy atom. The van der Waals surface area contributed by atoms with Gasteiger partial charge in [-0.2, -0.15) is 13.2 Å². The van der Waals surface area contributed by atoms with Gasteiger partial charge in [-0.1, -0.05) is 12.1 Å². The zero-order chi connectivity index (χ0) is 27.3. The van der Waals surface area contributed by atoms with Crippen molar-refractivity contribution in [1.29, 1.82) is 0 Å². The molecule has 0 saturated heterocycles. The van der Waals surface area contributed by atoms with Crippen LogP contribution in [0.2, 0.25) is 0 Å². The fourth-order valence-corrected chi connectivity index (χ4v) is 3.35. The van der Waals surface area contributed by atoms with Crippen LogP contribution in [0.1, 0.15) is 27.3 Å². The lowest BCUT2D eigenvalue weighted by Crippen LogP contribution is -2.21. The number of halogens is 5. The second kappa shape index (κ2) is 8.37. The van der Waals surface area contributed by atoms with Gasteiger partial charge in [-0.15, -0.1) is 0 Å². The number of hydrogen-bond acceptors (Lipinski definition) is 5. The molecule has 2 heterocycles. The predicted molar refractivity (Wildman–Crippen MR) is 113 cm³/mol. The van der Waals surface area contributed by atoms with Crippen molar-refractivity contribution in [3.05, 3.63) is 77.4 Å². The highest BCUT2D eigenvalue weighted by molar-refractivity contribution is 5.95. The molecule has 0 bridgehead atoms. The highest BCUT2D eigenvalue weighted by Gasteiger charge is 2.36. The van der Waals surface area contributed by atoms with Gasteiger partial charge in [-0.05, 0) is 42.7 Å². The number of nitrogens with two attached hydrogens (primary N) is 1. The van der Waals surface area contributed by atoms with Crippen LogP contribution in [0.15, 0.2) is 48.7 Å². The lowest BCUT2D eigenvalue weighted by Gasteiger charge is -2.13. The first-order valence-corrected chi connectivity index (χ1v) is 9.47. The van der Waals surface area contributed by atoms with E-state index in [0.29, 0.717) is 6.20 Å². The average molecular weight is 480 g/mol. The van der Waals surface area contributed by atoms with Crippen molar-refractivity contribution in [1.82, 2.24) is 14.4 Å². The van der Waals surface area contributed by atoms with Gasteiger partial charge in [0.05, 0.1) is 6.20 Å². The van der Waals surface area contributed by atoms with Crippen LogP contribution in [0, 0.1) is 18.5 Å². The largest absolute Gasteiger partial charge is 0.433 e. The summed E-state index contributed by atoms with van der Waals surface area (Å²) in [5, 5.41) is 12.4. The van der Waals surface area contributed by atoms with E-state index in [1.54, 1.807) is 0 Å². The van der Waals surface area contributed by atoms with Crippen molar-refractivity contribution >= 4 is 22.9 Å². The number of hydrogen-bond donors (Lipinski definition) is 3. The van der Waals surface area contributed by atoms with Gasteiger partial charge in [0.1, 0.15) is 40.2 Å². The van der Waals surface area contributed by atoms with E-state index >= 15 is 4.39 Å². The fraction of sp³-hybridized carbons (Fsp3) is 0.136. The number of nitrogen functional groups attached to an aromatic ring is 1. The van der Waals surface area contributed by atoms with Crippen LogP contribution < -0.4 is 11.1 Å². The number of fused-ring (bicyclic) bond motifs is 1. The summed E-state index contributed by atoms with van der Waals surface area (Å²) >= 11 is 0. The molecular weight excluding hydrogens is 461 g/mol. The maximum atomic E-state index is 15.1. The van der Waals surface area contributed by atoms with E-state index < -0.39 is 70.8 Å². The topological polar surface area (TPSA) is 106 Å². The van der Waals surface area contributed by atoms with Crippen molar-refractivity contribution in [2.45, 2.75) is 19.1 Å². The normalized spacial score (nSPS) is 14.4. The first-order chi connectivity index (χ1) is 17.2. The van der Waals surface area contributed by atoms with Crippen LogP contribution in [0.25, 0.3) is 16.8 Å². The van der Waals surface area contributed by atoms with Crippen LogP contribution in [-0.2, 0) is 11.0 Å². The zero-order valence-electron chi connectivity index (χ0n) is 19.9. The Balaban J connectivity index is 1.77. The molecule has 1 unspecified atom stereocenters. The Morgan fingerprint density at radius 3 is 2.65 bits per heavy atom. The molecule has 176 valence electrons. The summed E-state index contributed by atoms with van der Waals surface area (Å²) in [6.07, 6.45) is -6.47. The number of carbonyl (C=O) groups is 1. The highest BCUT2D eigenvalue weighted by atomic mass is 19.4. The summed E-state index contributed by atoms with van der Waals surface area (Å²) in [5.41, 5.74) is 2.54. The van der Waals surface area contributed by atoms with Gasteiger partial charge in [-0.25, -0.2) is 18.7 Å². The maximum absolute atomic E-state index is 15.1. The van der Waals surface area contributed by atoms with Crippen molar-refractivity contribution < 1.29 is 36.0 Å². The SMILES string of the molecule is [2H]C([2H])([2H])c1nc(-c2ccc(NC(=O)C(O)c3cccc(F)c3)cc2F)c2c(N)ncc(C(F)(F)F)n12. The quantitative estimate of drug-likeness (QED) is 0.379. The van der Waals surface area contributed by atoms with E-state index in [1.807, 2.05) is 0 Å². The standard InChI is InChI=1S/C22H16F5N5O2/c1-10-30-17(18-20(28)29-9-16(32(10)18)22(25,26)27)14-6-5-13(8-15(14)24)31-21(34)19(33)11-3-2-4-12(23)7-11/h2-9,19,33H,1H3,(H2,28,29)(H,31,34)/i1D3. The summed E-state index contributed by atoms with van der Waals surface area (Å²) in [5.74, 6) is -4.34. The number of nitrogens with zero attached hydrogens (tertiary/aromatic N) is 3. The van der Waals surface area contributed by atoms with E-state index in [9.17, 15) is 27.5 Å². The number of benzene rings is 2. The summed E-state index contributed by atoms with van der Waals surface area (Å²) in [6.45, 7) is -3.13. The third-order valence-electron chi connectivity index (χ3n) is 4.88.